The Labute approximate surface area is 207 Å². The Morgan fingerprint density at radius 1 is 1.08 bits per heavy atom. The van der Waals surface area contributed by atoms with Gasteiger partial charge >= 0.3 is 0 Å². The van der Waals surface area contributed by atoms with Crippen molar-refractivity contribution in [1.82, 2.24) is 25.1 Å². The molecule has 4 aromatic rings. The molecule has 0 unspecified atom stereocenters. The first kappa shape index (κ1) is 25.1. The van der Waals surface area contributed by atoms with E-state index >= 15 is 0 Å². The van der Waals surface area contributed by atoms with Gasteiger partial charge in [0.25, 0.3) is 16.1 Å². The molecule has 1 amide bonds. The van der Waals surface area contributed by atoms with Crippen LogP contribution in [0.2, 0.25) is 0 Å². The summed E-state index contributed by atoms with van der Waals surface area (Å²) in [5.74, 6) is 0.262. The summed E-state index contributed by atoms with van der Waals surface area (Å²) in [6.45, 7) is 0.588. The molecular formula is C24H23FN6O4S. The van der Waals surface area contributed by atoms with Crippen LogP contribution in [0, 0.1) is 11.9 Å². The first-order valence-electron chi connectivity index (χ1n) is 11.1. The van der Waals surface area contributed by atoms with E-state index in [0.29, 0.717) is 24.7 Å². The van der Waals surface area contributed by atoms with E-state index in [2.05, 4.69) is 25.1 Å². The molecule has 36 heavy (non-hydrogen) atoms. The maximum absolute atomic E-state index is 13.0. The van der Waals surface area contributed by atoms with Gasteiger partial charge in [-0.05, 0) is 55.2 Å². The van der Waals surface area contributed by atoms with E-state index in [1.54, 1.807) is 41.6 Å². The minimum Gasteiger partial charge on any atom is -0.282 e. The first-order valence-corrected chi connectivity index (χ1v) is 12.5. The lowest BCUT2D eigenvalue weighted by Crippen LogP contribution is -2.42. The van der Waals surface area contributed by atoms with Crippen LogP contribution in [0.15, 0.2) is 78.1 Å². The highest BCUT2D eigenvalue weighted by Gasteiger charge is 2.32. The highest BCUT2D eigenvalue weighted by atomic mass is 32.2. The van der Waals surface area contributed by atoms with Crippen molar-refractivity contribution in [2.75, 3.05) is 11.4 Å². The SMILES string of the molecule is O=C1[C@H](Cc2ccc(F)nc2)CCCN1c1n[nH]c(-c2ccncc2)n1.O=S(=O)(O)c1ccccc1. The number of nitrogens with one attached hydrogen (secondary N) is 1. The monoisotopic (exact) mass is 510 g/mol. The Balaban J connectivity index is 0.000000256. The Hall–Kier alpha value is -4.03. The molecule has 12 heteroatoms. The Kier molecular flexibility index (Phi) is 7.76. The van der Waals surface area contributed by atoms with Gasteiger partial charge in [-0.1, -0.05) is 24.3 Å². The van der Waals surface area contributed by atoms with Crippen LogP contribution in [-0.2, 0) is 21.3 Å². The fourth-order valence-corrected chi connectivity index (χ4v) is 4.26. The fourth-order valence-electron chi connectivity index (χ4n) is 3.75. The van der Waals surface area contributed by atoms with Gasteiger partial charge < -0.3 is 0 Å². The standard InChI is InChI=1S/C18H17FN6O.C6H6O3S/c19-15-4-3-12(11-21-15)10-14-2-1-9-25(17(14)26)18-22-16(23-24-18)13-5-7-20-8-6-13;7-10(8,9)6-4-2-1-3-5-6/h3-8,11,14H,1-2,9-10H2,(H,22,23,24);1-5H,(H,7,8,9)/t14-;/m0./s1. The average molecular weight is 511 g/mol. The summed E-state index contributed by atoms with van der Waals surface area (Å²) in [7, 11) is -4.00. The molecule has 1 atom stereocenters. The molecule has 10 nitrogen and oxygen atoms in total. The number of amides is 1. The quantitative estimate of drug-likeness (QED) is 0.308. The normalized spacial score (nSPS) is 15.8. The molecule has 1 aliphatic heterocycles. The van der Waals surface area contributed by atoms with Crippen molar-refractivity contribution in [1.29, 1.82) is 0 Å². The summed E-state index contributed by atoms with van der Waals surface area (Å²) in [6.07, 6.45) is 7.02. The number of rotatable bonds is 5. The minimum absolute atomic E-state index is 0.0131. The summed E-state index contributed by atoms with van der Waals surface area (Å²) in [5.41, 5.74) is 1.70. The van der Waals surface area contributed by atoms with Crippen molar-refractivity contribution in [3.63, 3.8) is 0 Å². The number of H-pyrrole nitrogens is 1. The third kappa shape index (κ3) is 6.34. The van der Waals surface area contributed by atoms with Crippen molar-refractivity contribution in [3.05, 3.63) is 84.7 Å². The Morgan fingerprint density at radius 3 is 2.47 bits per heavy atom. The van der Waals surface area contributed by atoms with E-state index in [-0.39, 0.29) is 16.7 Å². The molecule has 0 spiro atoms. The lowest BCUT2D eigenvalue weighted by Gasteiger charge is -2.29. The first-order chi connectivity index (χ1) is 17.3. The summed E-state index contributed by atoms with van der Waals surface area (Å²) in [5, 5.41) is 7.08. The second kappa shape index (κ2) is 11.1. The molecule has 0 saturated carbocycles. The van der Waals surface area contributed by atoms with Crippen LogP contribution in [0.4, 0.5) is 10.3 Å². The van der Waals surface area contributed by atoms with Crippen molar-refractivity contribution < 1.29 is 22.2 Å². The maximum atomic E-state index is 13.0. The highest BCUT2D eigenvalue weighted by Crippen LogP contribution is 2.26. The van der Waals surface area contributed by atoms with Gasteiger partial charge in [0.15, 0.2) is 5.82 Å². The van der Waals surface area contributed by atoms with Crippen molar-refractivity contribution in [2.24, 2.45) is 5.92 Å². The number of benzene rings is 1. The molecule has 5 rings (SSSR count). The summed E-state index contributed by atoms with van der Waals surface area (Å²) in [6, 6.07) is 14.1. The van der Waals surface area contributed by atoms with Gasteiger partial charge in [0.05, 0.1) is 4.90 Å². The number of aromatic nitrogens is 5. The molecule has 3 aromatic heterocycles. The number of nitrogens with zero attached hydrogens (tertiary/aromatic N) is 5. The zero-order valence-corrected chi connectivity index (χ0v) is 19.8. The number of piperidine rings is 1. The van der Waals surface area contributed by atoms with Crippen molar-refractivity contribution in [2.45, 2.75) is 24.2 Å². The van der Waals surface area contributed by atoms with Crippen LogP contribution >= 0.6 is 0 Å². The van der Waals surface area contributed by atoms with Crippen molar-refractivity contribution >= 4 is 22.0 Å². The summed E-state index contributed by atoms with van der Waals surface area (Å²) >= 11 is 0. The summed E-state index contributed by atoms with van der Waals surface area (Å²) < 4.78 is 42.2. The van der Waals surface area contributed by atoms with Gasteiger partial charge in [-0.25, -0.2) is 4.98 Å². The Morgan fingerprint density at radius 2 is 1.83 bits per heavy atom. The smallest absolute Gasteiger partial charge is 0.282 e. The molecule has 1 aromatic carbocycles. The third-order valence-corrected chi connectivity index (χ3v) is 6.40. The molecular weight excluding hydrogens is 487 g/mol. The van der Waals surface area contributed by atoms with E-state index in [4.69, 9.17) is 4.55 Å². The lowest BCUT2D eigenvalue weighted by molar-refractivity contribution is -0.123. The molecule has 186 valence electrons. The molecule has 0 aliphatic carbocycles. The number of hydrogen-bond donors (Lipinski definition) is 2. The Bertz CT molecular complexity index is 1400. The molecule has 0 bridgehead atoms. The van der Waals surface area contributed by atoms with E-state index < -0.39 is 16.1 Å². The fraction of sp³-hybridized carbons (Fsp3) is 0.208. The number of halogens is 1. The minimum atomic E-state index is -4.00. The molecule has 0 radical (unpaired) electrons. The van der Waals surface area contributed by atoms with E-state index in [9.17, 15) is 17.6 Å². The van der Waals surface area contributed by atoms with Gasteiger partial charge in [0, 0.05) is 36.6 Å². The zero-order chi connectivity index (χ0) is 25.5. The predicted molar refractivity (Wildman–Crippen MR) is 129 cm³/mol. The number of anilines is 1. The molecule has 2 N–H and O–H groups in total. The van der Waals surface area contributed by atoms with E-state index in [1.165, 1.54) is 24.4 Å². The number of carbonyl (C=O) groups is 1. The van der Waals surface area contributed by atoms with Crippen LogP contribution < -0.4 is 4.90 Å². The zero-order valence-electron chi connectivity index (χ0n) is 19.0. The highest BCUT2D eigenvalue weighted by molar-refractivity contribution is 7.85. The predicted octanol–water partition coefficient (Wildman–Crippen LogP) is 3.32. The van der Waals surface area contributed by atoms with Crippen LogP contribution in [0.5, 0.6) is 0 Å². The largest absolute Gasteiger partial charge is 0.294 e. The average Bonchev–Trinajstić information content (AvgIpc) is 3.38. The van der Waals surface area contributed by atoms with Gasteiger partial charge in [0.2, 0.25) is 11.9 Å². The molecule has 1 saturated heterocycles. The van der Waals surface area contributed by atoms with Crippen LogP contribution in [-0.4, -0.2) is 50.6 Å². The molecule has 1 fully saturated rings. The van der Waals surface area contributed by atoms with Crippen molar-refractivity contribution in [3.8, 4) is 11.4 Å². The number of pyridine rings is 2. The molecule has 1 aliphatic rings. The van der Waals surface area contributed by atoms with Gasteiger partial charge in [-0.15, -0.1) is 5.10 Å². The maximum Gasteiger partial charge on any atom is 0.294 e. The topological polar surface area (TPSA) is 142 Å². The van der Waals surface area contributed by atoms with Gasteiger partial charge in [0.1, 0.15) is 0 Å². The van der Waals surface area contributed by atoms with Crippen LogP contribution in [0.1, 0.15) is 18.4 Å². The lowest BCUT2D eigenvalue weighted by atomic mass is 9.91. The third-order valence-electron chi connectivity index (χ3n) is 5.53. The number of aromatic amines is 1. The molecule has 4 heterocycles. The van der Waals surface area contributed by atoms with Gasteiger partial charge in [-0.2, -0.15) is 17.8 Å². The second-order valence-electron chi connectivity index (χ2n) is 8.03. The van der Waals surface area contributed by atoms with Gasteiger partial charge in [-0.3, -0.25) is 24.3 Å². The van der Waals surface area contributed by atoms with Crippen LogP contribution in [0.3, 0.4) is 0 Å². The number of hydrogen-bond acceptors (Lipinski definition) is 7. The number of carbonyl (C=O) groups excluding carboxylic acids is 1. The second-order valence-corrected chi connectivity index (χ2v) is 9.45. The summed E-state index contributed by atoms with van der Waals surface area (Å²) in [4.78, 5) is 26.5. The van der Waals surface area contributed by atoms with Crippen LogP contribution in [0.25, 0.3) is 11.4 Å². The van der Waals surface area contributed by atoms with E-state index in [1.807, 2.05) is 12.1 Å². The van der Waals surface area contributed by atoms with E-state index in [0.717, 1.165) is 24.0 Å².